The molecule has 5 nitrogen and oxygen atoms in total. The molecule has 1 amide bonds. The molecule has 1 aliphatic rings. The summed E-state index contributed by atoms with van der Waals surface area (Å²) in [5.74, 6) is 0.691. The second-order valence-corrected chi connectivity index (χ2v) is 5.76. The molecule has 1 N–H and O–H groups in total. The number of nitrogens with one attached hydrogen (secondary N) is 1. The molecule has 19 heavy (non-hydrogen) atoms. The van der Waals surface area contributed by atoms with Gasteiger partial charge in [-0.05, 0) is 13.3 Å². The number of nitrogens with zero attached hydrogens (tertiary/aromatic N) is 3. The summed E-state index contributed by atoms with van der Waals surface area (Å²) in [5.41, 5.74) is 1.11. The third kappa shape index (κ3) is 3.30. The number of aliphatic imine (C=N–C) groups is 1. The van der Waals surface area contributed by atoms with Gasteiger partial charge in [0.15, 0.2) is 5.17 Å². The Morgan fingerprint density at radius 2 is 2.37 bits per heavy atom. The van der Waals surface area contributed by atoms with Crippen molar-refractivity contribution in [3.8, 4) is 0 Å². The Labute approximate surface area is 121 Å². The summed E-state index contributed by atoms with van der Waals surface area (Å²) in [5, 5.41) is 8.18. The highest BCUT2D eigenvalue weighted by atomic mass is 35.5. The maximum Gasteiger partial charge on any atom is 0.262 e. The number of carbonyl (C=O) groups is 1. The molecule has 0 unspecified atom stereocenters. The summed E-state index contributed by atoms with van der Waals surface area (Å²) in [6, 6.07) is 0. The van der Waals surface area contributed by atoms with Gasteiger partial charge in [-0.3, -0.25) is 14.5 Å². The van der Waals surface area contributed by atoms with Crippen molar-refractivity contribution in [3.63, 3.8) is 0 Å². The zero-order chi connectivity index (χ0) is 13.8. The summed E-state index contributed by atoms with van der Waals surface area (Å²) in [6.45, 7) is 5.39. The van der Waals surface area contributed by atoms with E-state index in [4.69, 9.17) is 11.6 Å². The molecule has 0 aliphatic carbocycles. The molecule has 0 saturated heterocycles. The molecule has 0 atom stereocenters. The highest BCUT2D eigenvalue weighted by molar-refractivity contribution is 8.14. The second kappa shape index (κ2) is 6.43. The predicted molar refractivity (Wildman–Crippen MR) is 79.1 cm³/mol. The Bertz CT molecular complexity index is 512. The van der Waals surface area contributed by atoms with Crippen molar-refractivity contribution in [1.82, 2.24) is 15.1 Å². The molecule has 0 saturated carbocycles. The van der Waals surface area contributed by atoms with Gasteiger partial charge in [-0.1, -0.05) is 36.7 Å². The number of carbonyl (C=O) groups excluding carboxylic acids is 1. The van der Waals surface area contributed by atoms with E-state index in [0.29, 0.717) is 21.6 Å². The van der Waals surface area contributed by atoms with E-state index in [2.05, 4.69) is 22.3 Å². The number of rotatable bonds is 4. The lowest BCUT2D eigenvalue weighted by atomic mass is 10.2. The van der Waals surface area contributed by atoms with Crippen LogP contribution in [0.2, 0.25) is 5.15 Å². The minimum Gasteiger partial charge on any atom is -0.301 e. The van der Waals surface area contributed by atoms with Gasteiger partial charge in [0.25, 0.3) is 5.91 Å². The first-order valence-corrected chi connectivity index (χ1v) is 7.71. The SMILES string of the molecule is CCCCn1nc(C)c(C(=O)NC2=NCCS2)c1Cl. The first-order chi connectivity index (χ1) is 9.13. The highest BCUT2D eigenvalue weighted by Crippen LogP contribution is 2.21. The molecule has 1 aromatic rings. The van der Waals surface area contributed by atoms with E-state index < -0.39 is 0 Å². The van der Waals surface area contributed by atoms with E-state index in [0.717, 1.165) is 31.7 Å². The molecule has 1 aromatic heterocycles. The molecule has 0 radical (unpaired) electrons. The summed E-state index contributed by atoms with van der Waals surface area (Å²) >= 11 is 7.78. The number of thioether (sulfide) groups is 1. The zero-order valence-electron chi connectivity index (χ0n) is 11.1. The van der Waals surface area contributed by atoms with Gasteiger partial charge in [0.05, 0.1) is 17.8 Å². The number of unbranched alkanes of at least 4 members (excludes halogenated alkanes) is 1. The first-order valence-electron chi connectivity index (χ1n) is 6.35. The number of aromatic nitrogens is 2. The lowest BCUT2D eigenvalue weighted by Gasteiger charge is -2.04. The van der Waals surface area contributed by atoms with E-state index in [1.165, 1.54) is 0 Å². The lowest BCUT2D eigenvalue weighted by Crippen LogP contribution is -2.27. The van der Waals surface area contributed by atoms with Crippen LogP contribution >= 0.6 is 23.4 Å². The Morgan fingerprint density at radius 1 is 1.58 bits per heavy atom. The van der Waals surface area contributed by atoms with Gasteiger partial charge in [0.1, 0.15) is 5.15 Å². The molecule has 0 spiro atoms. The average Bonchev–Trinajstić information content (AvgIpc) is 2.95. The Hall–Kier alpha value is -1.01. The molecule has 1 aliphatic heterocycles. The average molecular weight is 301 g/mol. The van der Waals surface area contributed by atoms with Gasteiger partial charge >= 0.3 is 0 Å². The number of halogens is 1. The van der Waals surface area contributed by atoms with E-state index in [-0.39, 0.29) is 5.91 Å². The smallest absolute Gasteiger partial charge is 0.262 e. The lowest BCUT2D eigenvalue weighted by molar-refractivity contribution is 0.0977. The highest BCUT2D eigenvalue weighted by Gasteiger charge is 2.22. The third-order valence-electron chi connectivity index (χ3n) is 2.82. The number of hydrogen-bond donors (Lipinski definition) is 1. The summed E-state index contributed by atoms with van der Waals surface area (Å²) in [6.07, 6.45) is 2.05. The quantitative estimate of drug-likeness (QED) is 0.929. The van der Waals surface area contributed by atoms with Crippen LogP contribution in [0.3, 0.4) is 0 Å². The van der Waals surface area contributed by atoms with Crippen molar-refractivity contribution >= 4 is 34.4 Å². The van der Waals surface area contributed by atoms with Crippen molar-refractivity contribution in [3.05, 3.63) is 16.4 Å². The fourth-order valence-corrected chi connectivity index (χ4v) is 2.91. The van der Waals surface area contributed by atoms with Crippen LogP contribution in [-0.4, -0.2) is 33.2 Å². The Balaban J connectivity index is 2.14. The van der Waals surface area contributed by atoms with Crippen LogP contribution in [-0.2, 0) is 6.54 Å². The molecule has 7 heteroatoms. The van der Waals surface area contributed by atoms with Crippen LogP contribution < -0.4 is 5.32 Å². The van der Waals surface area contributed by atoms with Crippen molar-refractivity contribution in [1.29, 1.82) is 0 Å². The van der Waals surface area contributed by atoms with Crippen LogP contribution in [0.1, 0.15) is 35.8 Å². The predicted octanol–water partition coefficient (Wildman–Crippen LogP) is 2.48. The van der Waals surface area contributed by atoms with Crippen LogP contribution in [0.15, 0.2) is 4.99 Å². The molecular weight excluding hydrogens is 284 g/mol. The molecule has 0 aromatic carbocycles. The van der Waals surface area contributed by atoms with Crippen molar-refractivity contribution in [2.75, 3.05) is 12.3 Å². The molecule has 104 valence electrons. The minimum atomic E-state index is -0.224. The van der Waals surface area contributed by atoms with E-state index >= 15 is 0 Å². The fourth-order valence-electron chi connectivity index (χ4n) is 1.84. The fraction of sp³-hybridized carbons (Fsp3) is 0.583. The molecular formula is C12H17ClN4OS. The number of aryl methyl sites for hydroxylation is 2. The van der Waals surface area contributed by atoms with Gasteiger partial charge < -0.3 is 5.32 Å². The second-order valence-electron chi connectivity index (χ2n) is 4.32. The number of amidine groups is 1. The van der Waals surface area contributed by atoms with E-state index in [9.17, 15) is 4.79 Å². The summed E-state index contributed by atoms with van der Waals surface area (Å²) in [7, 11) is 0. The first kappa shape index (κ1) is 14.4. The van der Waals surface area contributed by atoms with Crippen LogP contribution in [0.5, 0.6) is 0 Å². The minimum absolute atomic E-state index is 0.224. The van der Waals surface area contributed by atoms with Gasteiger partial charge in [-0.2, -0.15) is 5.10 Å². The van der Waals surface area contributed by atoms with Crippen LogP contribution in [0, 0.1) is 6.92 Å². The largest absolute Gasteiger partial charge is 0.301 e. The normalized spacial score (nSPS) is 14.6. The molecule has 0 fully saturated rings. The topological polar surface area (TPSA) is 59.3 Å². The Kier molecular flexibility index (Phi) is 4.87. The Morgan fingerprint density at radius 3 is 3.00 bits per heavy atom. The maximum atomic E-state index is 12.2. The third-order valence-corrected chi connectivity index (χ3v) is 4.10. The van der Waals surface area contributed by atoms with Gasteiger partial charge in [0.2, 0.25) is 0 Å². The van der Waals surface area contributed by atoms with Crippen LogP contribution in [0.4, 0.5) is 0 Å². The maximum absolute atomic E-state index is 12.2. The number of hydrogen-bond acceptors (Lipinski definition) is 4. The molecule has 0 bridgehead atoms. The van der Waals surface area contributed by atoms with Gasteiger partial charge in [-0.25, -0.2) is 0 Å². The van der Waals surface area contributed by atoms with Gasteiger partial charge in [0, 0.05) is 12.3 Å². The van der Waals surface area contributed by atoms with Crippen molar-refractivity contribution in [2.45, 2.75) is 33.2 Å². The van der Waals surface area contributed by atoms with E-state index in [1.807, 2.05) is 0 Å². The standard InChI is InChI=1S/C12H17ClN4OS/c1-3-4-6-17-10(13)9(8(2)16-17)11(18)15-12-14-5-7-19-12/h3-7H2,1-2H3,(H,14,15,18). The summed E-state index contributed by atoms with van der Waals surface area (Å²) in [4.78, 5) is 16.4. The summed E-state index contributed by atoms with van der Waals surface area (Å²) < 4.78 is 1.69. The van der Waals surface area contributed by atoms with Crippen molar-refractivity contribution in [2.24, 2.45) is 4.99 Å². The van der Waals surface area contributed by atoms with Crippen molar-refractivity contribution < 1.29 is 4.79 Å². The monoisotopic (exact) mass is 300 g/mol. The van der Waals surface area contributed by atoms with Crippen LogP contribution in [0.25, 0.3) is 0 Å². The van der Waals surface area contributed by atoms with E-state index in [1.54, 1.807) is 23.4 Å². The van der Waals surface area contributed by atoms with Gasteiger partial charge in [-0.15, -0.1) is 0 Å². The molecule has 2 rings (SSSR count). The number of amides is 1. The zero-order valence-corrected chi connectivity index (χ0v) is 12.6. The molecule has 2 heterocycles.